The lowest BCUT2D eigenvalue weighted by Gasteiger charge is -2.43. The van der Waals surface area contributed by atoms with Crippen LogP contribution in [0, 0.1) is 21.4 Å². The van der Waals surface area contributed by atoms with Crippen molar-refractivity contribution < 1.29 is 24.4 Å². The molecular formula is C25H27ClN6O6. The van der Waals surface area contributed by atoms with Gasteiger partial charge in [-0.05, 0) is 48.9 Å². The van der Waals surface area contributed by atoms with Crippen molar-refractivity contribution in [2.45, 2.75) is 56.5 Å². The van der Waals surface area contributed by atoms with Crippen LogP contribution in [0.15, 0.2) is 24.3 Å². The van der Waals surface area contributed by atoms with E-state index in [-0.39, 0.29) is 42.7 Å². The number of methoxy groups -OCH3 is 1. The number of amides is 1. The second-order valence-corrected chi connectivity index (χ2v) is 9.92. The van der Waals surface area contributed by atoms with Crippen molar-refractivity contribution in [1.29, 1.82) is 5.26 Å². The van der Waals surface area contributed by atoms with Crippen molar-refractivity contribution in [2.24, 2.45) is 0 Å². The van der Waals surface area contributed by atoms with Crippen LogP contribution in [0.1, 0.15) is 43.0 Å². The zero-order chi connectivity index (χ0) is 27.6. The standard InChI is InChI=1S/C25H27ClN6O6/c1-15-13-31(24(34)35)17(9-11-27)14-30(15)21-20(32(36)37)19(28-23(26)29-21)12-25(22(33)38-2)10-5-7-16-6-3-4-8-18(16)25/h3-4,6,8,15,17H,5,7,9-10,12-14H2,1-2H3,(H,34,35)/t15-,17+,25?/m1/s1. The Labute approximate surface area is 223 Å². The van der Waals surface area contributed by atoms with Crippen LogP contribution in [0.3, 0.4) is 0 Å². The van der Waals surface area contributed by atoms with E-state index >= 15 is 0 Å². The van der Waals surface area contributed by atoms with E-state index in [0.29, 0.717) is 12.8 Å². The number of carbonyl (C=O) groups is 2. The molecule has 2 aromatic rings. The average Bonchev–Trinajstić information content (AvgIpc) is 2.88. The molecule has 0 saturated carbocycles. The largest absolute Gasteiger partial charge is 0.468 e. The molecule has 1 aromatic heterocycles. The topological polar surface area (TPSA) is 163 Å². The normalized spacial score (nSPS) is 22.8. The molecule has 4 rings (SSSR count). The molecular weight excluding hydrogens is 516 g/mol. The van der Waals surface area contributed by atoms with E-state index in [1.165, 1.54) is 7.11 Å². The number of rotatable bonds is 6. The summed E-state index contributed by atoms with van der Waals surface area (Å²) in [6.45, 7) is 1.72. The molecule has 1 N–H and O–H groups in total. The molecule has 2 heterocycles. The molecule has 1 aliphatic heterocycles. The number of benzene rings is 1. The molecule has 1 aliphatic carbocycles. The van der Waals surface area contributed by atoms with Gasteiger partial charge in [0.1, 0.15) is 5.69 Å². The highest BCUT2D eigenvalue weighted by Crippen LogP contribution is 2.44. The fraction of sp³-hybridized carbons (Fsp3) is 0.480. The smallest absolute Gasteiger partial charge is 0.407 e. The van der Waals surface area contributed by atoms with Gasteiger partial charge >= 0.3 is 17.7 Å². The SMILES string of the molecule is COC(=O)C1(Cc2nc(Cl)nc(N3C[C@H](CC#N)N(C(=O)O)C[C@H]3C)c2[N+](=O)[O-])CCCc2ccccc21. The number of hydrogen-bond donors (Lipinski definition) is 1. The monoisotopic (exact) mass is 542 g/mol. The molecule has 0 radical (unpaired) electrons. The van der Waals surface area contributed by atoms with Crippen LogP contribution in [0.4, 0.5) is 16.3 Å². The predicted octanol–water partition coefficient (Wildman–Crippen LogP) is 3.50. The summed E-state index contributed by atoms with van der Waals surface area (Å²) in [6, 6.07) is 8.20. The van der Waals surface area contributed by atoms with Crippen LogP contribution in [-0.4, -0.2) is 69.2 Å². The number of aryl methyl sites for hydroxylation is 1. The van der Waals surface area contributed by atoms with Gasteiger partial charge in [0.2, 0.25) is 11.1 Å². The maximum Gasteiger partial charge on any atom is 0.407 e. The summed E-state index contributed by atoms with van der Waals surface area (Å²) in [7, 11) is 1.28. The highest BCUT2D eigenvalue weighted by Gasteiger charge is 2.47. The Morgan fingerprint density at radius 3 is 2.74 bits per heavy atom. The molecule has 13 heteroatoms. The number of hydrogen-bond acceptors (Lipinski definition) is 9. The van der Waals surface area contributed by atoms with Crippen LogP contribution in [0.25, 0.3) is 0 Å². The van der Waals surface area contributed by atoms with E-state index in [1.807, 2.05) is 30.3 Å². The highest BCUT2D eigenvalue weighted by molar-refractivity contribution is 6.28. The first kappa shape index (κ1) is 27.1. The third-order valence-corrected chi connectivity index (χ3v) is 7.58. The van der Waals surface area contributed by atoms with Gasteiger partial charge in [-0.3, -0.25) is 14.9 Å². The maximum atomic E-state index is 13.3. The zero-order valence-corrected chi connectivity index (χ0v) is 21.7. The van der Waals surface area contributed by atoms with Gasteiger partial charge in [0.25, 0.3) is 0 Å². The van der Waals surface area contributed by atoms with Crippen molar-refractivity contribution in [3.05, 3.63) is 56.5 Å². The van der Waals surface area contributed by atoms with Crippen LogP contribution in [0.5, 0.6) is 0 Å². The molecule has 1 amide bonds. The summed E-state index contributed by atoms with van der Waals surface area (Å²) in [6.07, 6.45) is 0.435. The molecule has 200 valence electrons. The number of carbonyl (C=O) groups excluding carboxylic acids is 1. The van der Waals surface area contributed by atoms with Crippen molar-refractivity contribution >= 4 is 35.2 Å². The molecule has 2 aliphatic rings. The number of nitrogens with zero attached hydrogens (tertiary/aromatic N) is 6. The van der Waals surface area contributed by atoms with E-state index < -0.39 is 40.2 Å². The number of nitro groups is 1. The second-order valence-electron chi connectivity index (χ2n) is 9.58. The first-order valence-corrected chi connectivity index (χ1v) is 12.5. The number of carboxylic acid groups (broad SMARTS) is 1. The first-order chi connectivity index (χ1) is 18.1. The lowest BCUT2D eigenvalue weighted by molar-refractivity contribution is -0.385. The first-order valence-electron chi connectivity index (χ1n) is 12.1. The van der Waals surface area contributed by atoms with E-state index in [4.69, 9.17) is 16.3 Å². The second kappa shape index (κ2) is 10.8. The third-order valence-electron chi connectivity index (χ3n) is 7.41. The molecule has 0 bridgehead atoms. The van der Waals surface area contributed by atoms with Gasteiger partial charge in [-0.2, -0.15) is 10.2 Å². The van der Waals surface area contributed by atoms with Crippen LogP contribution >= 0.6 is 11.6 Å². The summed E-state index contributed by atoms with van der Waals surface area (Å²) >= 11 is 6.30. The molecule has 1 saturated heterocycles. The number of ether oxygens (including phenoxy) is 1. The van der Waals surface area contributed by atoms with Crippen LogP contribution in [0.2, 0.25) is 5.28 Å². The predicted molar refractivity (Wildman–Crippen MR) is 136 cm³/mol. The summed E-state index contributed by atoms with van der Waals surface area (Å²) in [5.41, 5.74) is 0.0651. The van der Waals surface area contributed by atoms with Crippen molar-refractivity contribution in [3.8, 4) is 6.07 Å². The number of nitriles is 1. The molecule has 1 aromatic carbocycles. The van der Waals surface area contributed by atoms with Crippen molar-refractivity contribution in [2.75, 3.05) is 25.1 Å². The Morgan fingerprint density at radius 2 is 2.08 bits per heavy atom. The summed E-state index contributed by atoms with van der Waals surface area (Å²) < 4.78 is 5.20. The van der Waals surface area contributed by atoms with E-state index in [2.05, 4.69) is 9.97 Å². The van der Waals surface area contributed by atoms with E-state index in [9.17, 15) is 30.1 Å². The minimum atomic E-state index is -1.21. The molecule has 1 unspecified atom stereocenters. The van der Waals surface area contributed by atoms with E-state index in [0.717, 1.165) is 22.4 Å². The third kappa shape index (κ3) is 4.81. The molecule has 1 fully saturated rings. The number of piperazine rings is 1. The van der Waals surface area contributed by atoms with Gasteiger partial charge in [-0.1, -0.05) is 24.3 Å². The lowest BCUT2D eigenvalue weighted by Crippen LogP contribution is -2.59. The van der Waals surface area contributed by atoms with Gasteiger partial charge in [-0.15, -0.1) is 0 Å². The Balaban J connectivity index is 1.84. The average molecular weight is 543 g/mol. The van der Waals surface area contributed by atoms with Crippen LogP contribution < -0.4 is 4.90 Å². The van der Waals surface area contributed by atoms with Gasteiger partial charge in [0.05, 0.1) is 36.0 Å². The Bertz CT molecular complexity index is 1320. The zero-order valence-electron chi connectivity index (χ0n) is 21.0. The highest BCUT2D eigenvalue weighted by atomic mass is 35.5. The fourth-order valence-electron chi connectivity index (χ4n) is 5.69. The number of aromatic nitrogens is 2. The van der Waals surface area contributed by atoms with Crippen molar-refractivity contribution in [1.82, 2.24) is 14.9 Å². The Hall–Kier alpha value is -3.98. The Morgan fingerprint density at radius 1 is 1.34 bits per heavy atom. The quantitative estimate of drug-likeness (QED) is 0.247. The fourth-order valence-corrected chi connectivity index (χ4v) is 5.87. The summed E-state index contributed by atoms with van der Waals surface area (Å²) in [4.78, 5) is 48.1. The molecule has 12 nitrogen and oxygen atoms in total. The Kier molecular flexibility index (Phi) is 7.68. The van der Waals surface area contributed by atoms with Gasteiger partial charge in [-0.25, -0.2) is 9.78 Å². The number of halogens is 1. The summed E-state index contributed by atoms with van der Waals surface area (Å²) in [5.74, 6) is -0.595. The molecule has 3 atom stereocenters. The van der Waals surface area contributed by atoms with Gasteiger partial charge in [0.15, 0.2) is 0 Å². The summed E-state index contributed by atoms with van der Waals surface area (Å²) in [5, 5.41) is 31.1. The van der Waals surface area contributed by atoms with Crippen molar-refractivity contribution in [3.63, 3.8) is 0 Å². The number of anilines is 1. The van der Waals surface area contributed by atoms with Gasteiger partial charge in [0, 0.05) is 25.6 Å². The minimum absolute atomic E-state index is 0.000370. The molecule has 0 spiro atoms. The number of fused-ring (bicyclic) bond motifs is 1. The lowest BCUT2D eigenvalue weighted by atomic mass is 9.67. The minimum Gasteiger partial charge on any atom is -0.468 e. The molecule has 38 heavy (non-hydrogen) atoms. The van der Waals surface area contributed by atoms with Gasteiger partial charge < -0.3 is 19.6 Å². The van der Waals surface area contributed by atoms with Crippen LogP contribution in [-0.2, 0) is 27.8 Å². The number of esters is 1. The maximum absolute atomic E-state index is 13.3. The van der Waals surface area contributed by atoms with E-state index in [1.54, 1.807) is 11.8 Å².